The molecule has 1 fully saturated rings. The first-order chi connectivity index (χ1) is 10.6. The zero-order valence-electron chi connectivity index (χ0n) is 14.0. The molecule has 0 aliphatic carbocycles. The monoisotopic (exact) mass is 301 g/mol. The van der Waals surface area contributed by atoms with Crippen LogP contribution in [0.1, 0.15) is 30.3 Å². The van der Waals surface area contributed by atoms with Gasteiger partial charge in [-0.2, -0.15) is 5.26 Å². The summed E-state index contributed by atoms with van der Waals surface area (Å²) in [6.45, 7) is 14.0. The number of aryl methyl sites for hydroxylation is 2. The third kappa shape index (κ3) is 4.43. The van der Waals surface area contributed by atoms with Gasteiger partial charge in [-0.05, 0) is 39.4 Å². The number of pyridine rings is 1. The molecule has 2 heterocycles. The van der Waals surface area contributed by atoms with Crippen LogP contribution >= 0.6 is 0 Å². The summed E-state index contributed by atoms with van der Waals surface area (Å²) in [6, 6.07) is 4.22. The van der Waals surface area contributed by atoms with Crippen molar-refractivity contribution in [1.82, 2.24) is 14.8 Å². The van der Waals surface area contributed by atoms with E-state index in [1.165, 1.54) is 26.2 Å². The molecule has 1 aromatic heterocycles. The highest BCUT2D eigenvalue weighted by Gasteiger charge is 2.14. The van der Waals surface area contributed by atoms with Gasteiger partial charge in [-0.25, -0.2) is 0 Å². The van der Waals surface area contributed by atoms with E-state index >= 15 is 0 Å². The van der Waals surface area contributed by atoms with Crippen LogP contribution in [0.3, 0.4) is 0 Å². The van der Waals surface area contributed by atoms with E-state index < -0.39 is 0 Å². The lowest BCUT2D eigenvalue weighted by Crippen LogP contribution is -2.46. The van der Waals surface area contributed by atoms with Crippen molar-refractivity contribution in [3.8, 4) is 6.07 Å². The van der Waals surface area contributed by atoms with Gasteiger partial charge in [0.15, 0.2) is 0 Å². The number of aromatic nitrogens is 1. The number of hydrogen-bond donors (Lipinski definition) is 1. The summed E-state index contributed by atoms with van der Waals surface area (Å²) in [5.74, 6) is 0. The third-order valence-corrected chi connectivity index (χ3v) is 4.32. The Kier molecular flexibility index (Phi) is 6.17. The maximum absolute atomic E-state index is 9.26. The van der Waals surface area contributed by atoms with Crippen molar-refractivity contribution in [3.05, 3.63) is 23.0 Å². The fourth-order valence-electron chi connectivity index (χ4n) is 2.96. The standard InChI is InChI=1S/C17H27N5/c1-4-21-8-10-22(11-9-21)7-5-6-19-17-12-14(2)20-15(3)16(17)13-18/h12H,4-11H2,1-3H3,(H,19,20). The maximum Gasteiger partial charge on any atom is 0.103 e. The second-order valence-electron chi connectivity index (χ2n) is 5.94. The Labute approximate surface area is 133 Å². The van der Waals surface area contributed by atoms with Crippen molar-refractivity contribution >= 4 is 5.69 Å². The largest absolute Gasteiger partial charge is 0.384 e. The molecule has 0 atom stereocenters. The highest BCUT2D eigenvalue weighted by atomic mass is 15.3. The Balaban J connectivity index is 1.77. The van der Waals surface area contributed by atoms with Crippen molar-refractivity contribution in [2.75, 3.05) is 51.1 Å². The van der Waals surface area contributed by atoms with Crippen LogP contribution < -0.4 is 5.32 Å². The molecule has 0 bridgehead atoms. The van der Waals surface area contributed by atoms with E-state index in [4.69, 9.17) is 0 Å². The van der Waals surface area contributed by atoms with E-state index in [0.717, 1.165) is 43.1 Å². The molecule has 0 unspecified atom stereocenters. The van der Waals surface area contributed by atoms with Crippen molar-refractivity contribution < 1.29 is 0 Å². The van der Waals surface area contributed by atoms with E-state index in [0.29, 0.717) is 5.56 Å². The molecule has 1 aliphatic heterocycles. The van der Waals surface area contributed by atoms with Crippen LogP contribution in [-0.2, 0) is 0 Å². The minimum Gasteiger partial charge on any atom is -0.384 e. The summed E-state index contributed by atoms with van der Waals surface area (Å²) in [6.07, 6.45) is 1.09. The molecule has 0 spiro atoms. The Morgan fingerprint density at radius 1 is 1.23 bits per heavy atom. The summed E-state index contributed by atoms with van der Waals surface area (Å²) >= 11 is 0. The molecule has 0 saturated carbocycles. The first-order valence-corrected chi connectivity index (χ1v) is 8.21. The lowest BCUT2D eigenvalue weighted by Gasteiger charge is -2.34. The number of nitrogens with zero attached hydrogens (tertiary/aromatic N) is 4. The van der Waals surface area contributed by atoms with Crippen LogP contribution in [0, 0.1) is 25.2 Å². The van der Waals surface area contributed by atoms with Gasteiger partial charge in [0.1, 0.15) is 6.07 Å². The normalized spacial score (nSPS) is 16.5. The minimum absolute atomic E-state index is 0.669. The number of likely N-dealkylation sites (N-methyl/N-ethyl adjacent to an activating group) is 1. The number of anilines is 1. The van der Waals surface area contributed by atoms with Crippen molar-refractivity contribution in [2.24, 2.45) is 0 Å². The summed E-state index contributed by atoms with van der Waals surface area (Å²) in [5, 5.41) is 12.7. The average Bonchev–Trinajstić information content (AvgIpc) is 2.52. The molecule has 1 saturated heterocycles. The van der Waals surface area contributed by atoms with Gasteiger partial charge in [-0.3, -0.25) is 4.98 Å². The van der Waals surface area contributed by atoms with Gasteiger partial charge in [-0.15, -0.1) is 0 Å². The summed E-state index contributed by atoms with van der Waals surface area (Å²) in [5.41, 5.74) is 3.35. The van der Waals surface area contributed by atoms with Gasteiger partial charge >= 0.3 is 0 Å². The molecule has 2 rings (SSSR count). The van der Waals surface area contributed by atoms with Gasteiger partial charge in [0.05, 0.1) is 16.9 Å². The van der Waals surface area contributed by atoms with Crippen molar-refractivity contribution in [1.29, 1.82) is 5.26 Å². The van der Waals surface area contributed by atoms with E-state index in [-0.39, 0.29) is 0 Å². The maximum atomic E-state index is 9.26. The molecule has 120 valence electrons. The predicted octanol–water partition coefficient (Wildman–Crippen LogP) is 2.01. The molecular formula is C17H27N5. The lowest BCUT2D eigenvalue weighted by molar-refractivity contribution is 0.137. The molecular weight excluding hydrogens is 274 g/mol. The quantitative estimate of drug-likeness (QED) is 0.815. The van der Waals surface area contributed by atoms with Crippen LogP contribution in [-0.4, -0.2) is 60.6 Å². The Morgan fingerprint density at radius 2 is 1.91 bits per heavy atom. The number of nitriles is 1. The highest BCUT2D eigenvalue weighted by Crippen LogP contribution is 2.18. The summed E-state index contributed by atoms with van der Waals surface area (Å²) in [4.78, 5) is 9.37. The van der Waals surface area contributed by atoms with Crippen molar-refractivity contribution in [3.63, 3.8) is 0 Å². The van der Waals surface area contributed by atoms with Gasteiger partial charge in [-0.1, -0.05) is 6.92 Å². The first-order valence-electron chi connectivity index (χ1n) is 8.21. The SMILES string of the molecule is CCN1CCN(CCCNc2cc(C)nc(C)c2C#N)CC1. The van der Waals surface area contributed by atoms with Crippen LogP contribution in [0.5, 0.6) is 0 Å². The van der Waals surface area contributed by atoms with Gasteiger partial charge < -0.3 is 15.1 Å². The Bertz CT molecular complexity index is 527. The topological polar surface area (TPSA) is 55.2 Å². The number of nitrogens with one attached hydrogen (secondary N) is 1. The zero-order valence-corrected chi connectivity index (χ0v) is 14.0. The van der Waals surface area contributed by atoms with E-state index in [2.05, 4.69) is 33.1 Å². The van der Waals surface area contributed by atoms with Crippen LogP contribution in [0.25, 0.3) is 0 Å². The summed E-state index contributed by atoms with van der Waals surface area (Å²) in [7, 11) is 0. The Morgan fingerprint density at radius 3 is 2.55 bits per heavy atom. The number of rotatable bonds is 6. The van der Waals surface area contributed by atoms with Crippen LogP contribution in [0.15, 0.2) is 6.07 Å². The predicted molar refractivity (Wildman–Crippen MR) is 90.1 cm³/mol. The molecule has 0 amide bonds. The van der Waals surface area contributed by atoms with Gasteiger partial charge in [0.2, 0.25) is 0 Å². The second kappa shape index (κ2) is 8.11. The minimum atomic E-state index is 0.669. The molecule has 5 heteroatoms. The second-order valence-corrected chi connectivity index (χ2v) is 5.94. The molecule has 5 nitrogen and oxygen atoms in total. The highest BCUT2D eigenvalue weighted by molar-refractivity contribution is 5.59. The number of hydrogen-bond acceptors (Lipinski definition) is 5. The smallest absolute Gasteiger partial charge is 0.103 e. The molecule has 0 aromatic carbocycles. The molecule has 1 aliphatic rings. The first kappa shape index (κ1) is 16.7. The third-order valence-electron chi connectivity index (χ3n) is 4.32. The van der Waals surface area contributed by atoms with Crippen molar-refractivity contribution in [2.45, 2.75) is 27.2 Å². The molecule has 22 heavy (non-hydrogen) atoms. The Hall–Kier alpha value is -1.64. The molecule has 1 aromatic rings. The van der Waals surface area contributed by atoms with E-state index in [9.17, 15) is 5.26 Å². The fourth-order valence-corrected chi connectivity index (χ4v) is 2.96. The molecule has 0 radical (unpaired) electrons. The van der Waals surface area contributed by atoms with E-state index in [1.807, 2.05) is 19.9 Å². The number of piperazine rings is 1. The fraction of sp³-hybridized carbons (Fsp3) is 0.647. The molecule has 1 N–H and O–H groups in total. The van der Waals surface area contributed by atoms with Gasteiger partial charge in [0.25, 0.3) is 0 Å². The van der Waals surface area contributed by atoms with Gasteiger partial charge in [0, 0.05) is 38.4 Å². The van der Waals surface area contributed by atoms with Crippen LogP contribution in [0.4, 0.5) is 5.69 Å². The lowest BCUT2D eigenvalue weighted by atomic mass is 10.1. The van der Waals surface area contributed by atoms with Crippen LogP contribution in [0.2, 0.25) is 0 Å². The average molecular weight is 301 g/mol. The zero-order chi connectivity index (χ0) is 15.9. The summed E-state index contributed by atoms with van der Waals surface area (Å²) < 4.78 is 0. The van der Waals surface area contributed by atoms with E-state index in [1.54, 1.807) is 0 Å².